The molecule has 2 heteroatoms. The summed E-state index contributed by atoms with van der Waals surface area (Å²) in [6.07, 6.45) is 1.71. The smallest absolute Gasteiger partial charge is 0.165 e. The van der Waals surface area contributed by atoms with E-state index in [-0.39, 0.29) is 17.5 Å². The van der Waals surface area contributed by atoms with Crippen molar-refractivity contribution in [1.29, 1.82) is 0 Å². The van der Waals surface area contributed by atoms with Crippen molar-refractivity contribution in [2.24, 2.45) is 0 Å². The second kappa shape index (κ2) is 4.80. The van der Waals surface area contributed by atoms with Crippen LogP contribution in [-0.4, -0.2) is 6.61 Å². The van der Waals surface area contributed by atoms with Gasteiger partial charge in [-0.2, -0.15) is 0 Å². The summed E-state index contributed by atoms with van der Waals surface area (Å²) in [5.41, 5.74) is 0.907. The lowest BCUT2D eigenvalue weighted by Crippen LogP contribution is -1.97. The first kappa shape index (κ1) is 10.8. The zero-order chi connectivity index (χ0) is 10.6. The molecule has 0 bridgehead atoms. The first-order chi connectivity index (χ1) is 6.69. The van der Waals surface area contributed by atoms with Gasteiger partial charge < -0.3 is 4.74 Å². The molecule has 0 aliphatic heterocycles. The van der Waals surface area contributed by atoms with Crippen molar-refractivity contribution in [3.8, 4) is 5.75 Å². The first-order valence-electron chi connectivity index (χ1n) is 4.57. The molecule has 1 atom stereocenters. The van der Waals surface area contributed by atoms with Gasteiger partial charge >= 0.3 is 0 Å². The summed E-state index contributed by atoms with van der Waals surface area (Å²) in [4.78, 5) is 0. The average molecular weight is 193 g/mol. The predicted octanol–water partition coefficient (Wildman–Crippen LogP) is 3.33. The molecule has 1 aromatic carbocycles. The van der Waals surface area contributed by atoms with E-state index in [9.17, 15) is 4.39 Å². The van der Waals surface area contributed by atoms with Gasteiger partial charge in [0.1, 0.15) is 0 Å². The fraction of sp³-hybridized carbons (Fsp3) is 0.250. The zero-order valence-electron chi connectivity index (χ0n) is 8.29. The molecule has 0 saturated carbocycles. The van der Waals surface area contributed by atoms with E-state index < -0.39 is 0 Å². The van der Waals surface area contributed by atoms with Crippen molar-refractivity contribution < 1.29 is 9.13 Å². The Morgan fingerprint density at radius 3 is 2.86 bits per heavy atom. The molecule has 0 spiro atoms. The number of ether oxygens (including phenoxy) is 1. The maximum Gasteiger partial charge on any atom is 0.165 e. The highest BCUT2D eigenvalue weighted by atomic mass is 19.1. The quantitative estimate of drug-likeness (QED) is 0.666. The van der Waals surface area contributed by atoms with Crippen LogP contribution >= 0.6 is 0 Å². The molecule has 0 aliphatic carbocycles. The van der Waals surface area contributed by atoms with Crippen molar-refractivity contribution >= 4 is 0 Å². The molecule has 0 saturated heterocycles. The molecule has 0 amide bonds. The Bertz CT molecular complexity index is 320. The normalized spacial score (nSPS) is 12.2. The van der Waals surface area contributed by atoms with E-state index in [0.29, 0.717) is 6.61 Å². The SMILES string of the molecule is [CH2]C(C=C)c1ccc(F)c(OCC)c1. The summed E-state index contributed by atoms with van der Waals surface area (Å²) in [5.74, 6) is -0.0952. The van der Waals surface area contributed by atoms with E-state index in [1.54, 1.807) is 18.2 Å². The molecule has 1 nitrogen and oxygen atoms in total. The second-order valence-electron chi connectivity index (χ2n) is 2.97. The Labute approximate surface area is 84.2 Å². The van der Waals surface area contributed by atoms with Crippen LogP contribution in [0.15, 0.2) is 30.9 Å². The Kier molecular flexibility index (Phi) is 3.69. The minimum absolute atomic E-state index is 0.0326. The predicted molar refractivity (Wildman–Crippen MR) is 55.9 cm³/mol. The summed E-state index contributed by atoms with van der Waals surface area (Å²) in [5, 5.41) is 0. The van der Waals surface area contributed by atoms with E-state index in [1.807, 2.05) is 6.92 Å². The fourth-order valence-corrected chi connectivity index (χ4v) is 1.15. The van der Waals surface area contributed by atoms with Crippen molar-refractivity contribution in [2.75, 3.05) is 6.61 Å². The number of rotatable bonds is 4. The Morgan fingerprint density at radius 2 is 2.29 bits per heavy atom. The molecule has 0 aliphatic rings. The molecule has 1 aromatic rings. The van der Waals surface area contributed by atoms with Crippen LogP contribution in [0.1, 0.15) is 18.4 Å². The number of hydrogen-bond acceptors (Lipinski definition) is 1. The highest BCUT2D eigenvalue weighted by Crippen LogP contribution is 2.24. The lowest BCUT2D eigenvalue weighted by Gasteiger charge is -2.09. The van der Waals surface area contributed by atoms with Crippen LogP contribution in [0.25, 0.3) is 0 Å². The van der Waals surface area contributed by atoms with Crippen LogP contribution in [0, 0.1) is 12.7 Å². The Hall–Kier alpha value is -1.31. The third-order valence-corrected chi connectivity index (χ3v) is 1.97. The fourth-order valence-electron chi connectivity index (χ4n) is 1.15. The van der Waals surface area contributed by atoms with Gasteiger partial charge in [-0.15, -0.1) is 6.58 Å². The standard InChI is InChI=1S/C12H14FO/c1-4-9(3)10-6-7-11(13)12(8-10)14-5-2/h4,6-9H,1,3,5H2,2H3. The molecular formula is C12H14FO. The van der Waals surface area contributed by atoms with Crippen LogP contribution in [0.4, 0.5) is 4.39 Å². The molecule has 1 rings (SSSR count). The molecule has 75 valence electrons. The van der Waals surface area contributed by atoms with Gasteiger partial charge in [-0.3, -0.25) is 0 Å². The van der Waals surface area contributed by atoms with Crippen LogP contribution in [0.2, 0.25) is 0 Å². The molecule has 14 heavy (non-hydrogen) atoms. The second-order valence-corrected chi connectivity index (χ2v) is 2.97. The van der Waals surface area contributed by atoms with Crippen molar-refractivity contribution in [1.82, 2.24) is 0 Å². The van der Waals surface area contributed by atoms with Gasteiger partial charge in [0, 0.05) is 5.92 Å². The molecule has 0 heterocycles. The van der Waals surface area contributed by atoms with Gasteiger partial charge in [0.2, 0.25) is 0 Å². The van der Waals surface area contributed by atoms with Gasteiger partial charge in [-0.1, -0.05) is 12.1 Å². The number of allylic oxidation sites excluding steroid dienone is 1. The molecule has 0 aromatic heterocycles. The summed E-state index contributed by atoms with van der Waals surface area (Å²) < 4.78 is 18.3. The van der Waals surface area contributed by atoms with Gasteiger partial charge in [0.25, 0.3) is 0 Å². The zero-order valence-corrected chi connectivity index (χ0v) is 8.29. The number of halogens is 1. The lowest BCUT2D eigenvalue weighted by atomic mass is 10.0. The Balaban J connectivity index is 2.99. The summed E-state index contributed by atoms with van der Waals surface area (Å²) in [6.45, 7) is 9.77. The third-order valence-electron chi connectivity index (χ3n) is 1.97. The highest BCUT2D eigenvalue weighted by Gasteiger charge is 2.07. The number of benzene rings is 1. The van der Waals surface area contributed by atoms with E-state index in [4.69, 9.17) is 4.74 Å². The van der Waals surface area contributed by atoms with Gasteiger partial charge in [0.15, 0.2) is 11.6 Å². The molecule has 0 N–H and O–H groups in total. The van der Waals surface area contributed by atoms with Crippen LogP contribution in [0.5, 0.6) is 5.75 Å². The van der Waals surface area contributed by atoms with Crippen LogP contribution in [-0.2, 0) is 0 Å². The maximum atomic E-state index is 13.2. The minimum Gasteiger partial charge on any atom is -0.491 e. The maximum absolute atomic E-state index is 13.2. The molecule has 1 unspecified atom stereocenters. The third kappa shape index (κ3) is 2.34. The van der Waals surface area contributed by atoms with Crippen molar-refractivity contribution in [3.63, 3.8) is 0 Å². The average Bonchev–Trinajstić information content (AvgIpc) is 2.20. The van der Waals surface area contributed by atoms with E-state index in [1.165, 1.54) is 6.07 Å². The van der Waals surface area contributed by atoms with Crippen molar-refractivity contribution in [3.05, 3.63) is 49.2 Å². The lowest BCUT2D eigenvalue weighted by molar-refractivity contribution is 0.321. The first-order valence-corrected chi connectivity index (χ1v) is 4.57. The van der Waals surface area contributed by atoms with Gasteiger partial charge in [-0.05, 0) is 31.5 Å². The summed E-state index contributed by atoms with van der Waals surface area (Å²) in [6, 6.07) is 4.75. The topological polar surface area (TPSA) is 9.23 Å². The number of hydrogen-bond donors (Lipinski definition) is 0. The monoisotopic (exact) mass is 193 g/mol. The highest BCUT2D eigenvalue weighted by molar-refractivity contribution is 5.34. The van der Waals surface area contributed by atoms with Crippen LogP contribution < -0.4 is 4.74 Å². The summed E-state index contributed by atoms with van der Waals surface area (Å²) in [7, 11) is 0. The van der Waals surface area contributed by atoms with E-state index in [2.05, 4.69) is 13.5 Å². The Morgan fingerprint density at radius 1 is 1.57 bits per heavy atom. The van der Waals surface area contributed by atoms with Gasteiger partial charge in [-0.25, -0.2) is 4.39 Å². The largest absolute Gasteiger partial charge is 0.491 e. The summed E-state index contributed by atoms with van der Waals surface area (Å²) >= 11 is 0. The van der Waals surface area contributed by atoms with E-state index >= 15 is 0 Å². The van der Waals surface area contributed by atoms with Gasteiger partial charge in [0.05, 0.1) is 6.61 Å². The molecule has 0 fully saturated rings. The molecular weight excluding hydrogens is 179 g/mol. The molecule has 1 radical (unpaired) electrons. The van der Waals surface area contributed by atoms with Crippen LogP contribution in [0.3, 0.4) is 0 Å². The van der Waals surface area contributed by atoms with E-state index in [0.717, 1.165) is 5.56 Å². The minimum atomic E-state index is -0.341. The van der Waals surface area contributed by atoms with Crippen molar-refractivity contribution in [2.45, 2.75) is 12.8 Å².